The first-order valence-corrected chi connectivity index (χ1v) is 13.2. The molecule has 0 heterocycles. The van der Waals surface area contributed by atoms with Crippen molar-refractivity contribution < 1.29 is 33.8 Å². The van der Waals surface area contributed by atoms with Gasteiger partial charge in [0.2, 0.25) is 11.8 Å². The first-order valence-electron chi connectivity index (χ1n) is 13.2. The number of ether oxygens (including phenoxy) is 2. The van der Waals surface area contributed by atoms with Gasteiger partial charge in [0.15, 0.2) is 0 Å². The average molecular weight is 534 g/mol. The van der Waals surface area contributed by atoms with Crippen molar-refractivity contribution >= 4 is 23.9 Å². The van der Waals surface area contributed by atoms with Crippen molar-refractivity contribution in [3.8, 4) is 0 Å². The first kappa shape index (κ1) is 31.1. The number of alkyl carbamates (subject to hydrolysis) is 1. The molecule has 1 fully saturated rings. The highest BCUT2D eigenvalue weighted by atomic mass is 16.6. The molecule has 1 aromatic rings. The maximum atomic E-state index is 13.2. The molecule has 0 saturated heterocycles. The van der Waals surface area contributed by atoms with Crippen molar-refractivity contribution in [1.29, 1.82) is 0 Å². The van der Waals surface area contributed by atoms with E-state index in [-0.39, 0.29) is 30.6 Å². The molecule has 1 aromatic carbocycles. The Balaban J connectivity index is 2.01. The van der Waals surface area contributed by atoms with Crippen LogP contribution >= 0.6 is 0 Å². The highest BCUT2D eigenvalue weighted by molar-refractivity contribution is 5.86. The van der Waals surface area contributed by atoms with E-state index in [9.17, 15) is 24.3 Å². The van der Waals surface area contributed by atoms with Gasteiger partial charge in [-0.3, -0.25) is 9.59 Å². The van der Waals surface area contributed by atoms with E-state index in [0.29, 0.717) is 19.3 Å². The Morgan fingerprint density at radius 2 is 1.68 bits per heavy atom. The fraction of sp³-hybridized carbons (Fsp3) is 0.643. The maximum Gasteiger partial charge on any atom is 0.408 e. The third-order valence-electron chi connectivity index (χ3n) is 6.34. The third-order valence-corrected chi connectivity index (χ3v) is 6.34. The normalized spacial score (nSPS) is 20.8. The molecule has 3 amide bonds. The summed E-state index contributed by atoms with van der Waals surface area (Å²) in [7, 11) is 1.28. The maximum absolute atomic E-state index is 13.2. The van der Waals surface area contributed by atoms with E-state index in [0.717, 1.165) is 5.56 Å². The van der Waals surface area contributed by atoms with Crippen LogP contribution in [0.1, 0.15) is 65.9 Å². The van der Waals surface area contributed by atoms with E-state index >= 15 is 0 Å². The van der Waals surface area contributed by atoms with Crippen molar-refractivity contribution in [2.24, 2.45) is 11.8 Å². The SMILES string of the molecule is COC(=O)[C@H](CC(C)C)NC(=O)C[C@@H]1CC[C@H](NC(=O)[C@H](Cc2ccccc2)NC(=O)OC(C)(C)C)[C@H]1O. The van der Waals surface area contributed by atoms with E-state index in [2.05, 4.69) is 16.0 Å². The summed E-state index contributed by atoms with van der Waals surface area (Å²) in [4.78, 5) is 50.3. The number of aliphatic hydroxyl groups is 1. The monoisotopic (exact) mass is 533 g/mol. The predicted octanol–water partition coefficient (Wildman–Crippen LogP) is 2.47. The molecule has 10 nitrogen and oxygen atoms in total. The highest BCUT2D eigenvalue weighted by Gasteiger charge is 2.38. The number of nitrogens with one attached hydrogen (secondary N) is 3. The van der Waals surface area contributed by atoms with Crippen LogP contribution in [-0.4, -0.2) is 65.9 Å². The standard InChI is InChI=1S/C28H43N3O7/c1-17(2)14-22(26(35)37-6)29-23(32)16-19-12-13-20(24(19)33)30-25(34)21(15-18-10-8-7-9-11-18)31-27(36)38-28(3,4)5/h7-11,17,19-22,24,33H,12-16H2,1-6H3,(H,29,32)(H,30,34)(H,31,36)/t19-,20-,21-,22-,24-/m0/s1. The van der Waals surface area contributed by atoms with Gasteiger partial charge in [0.05, 0.1) is 19.3 Å². The second-order valence-corrected chi connectivity index (χ2v) is 11.3. The minimum atomic E-state index is -0.953. The second kappa shape index (κ2) is 14.1. The molecule has 212 valence electrons. The summed E-state index contributed by atoms with van der Waals surface area (Å²) in [5, 5.41) is 19.1. The number of aliphatic hydroxyl groups excluding tert-OH is 1. The predicted molar refractivity (Wildman–Crippen MR) is 142 cm³/mol. The Bertz CT molecular complexity index is 946. The van der Waals surface area contributed by atoms with Crippen molar-refractivity contribution in [2.75, 3.05) is 7.11 Å². The van der Waals surface area contributed by atoms with Crippen LogP contribution in [0.5, 0.6) is 0 Å². The molecule has 0 spiro atoms. The Labute approximate surface area is 225 Å². The minimum absolute atomic E-state index is 0.0166. The number of esters is 1. The van der Waals surface area contributed by atoms with E-state index in [1.165, 1.54) is 7.11 Å². The van der Waals surface area contributed by atoms with Crippen LogP contribution in [-0.2, 0) is 30.3 Å². The quantitative estimate of drug-likeness (QED) is 0.320. The van der Waals surface area contributed by atoms with Crippen LogP contribution in [0.4, 0.5) is 4.79 Å². The molecule has 1 aliphatic carbocycles. The highest BCUT2D eigenvalue weighted by Crippen LogP contribution is 2.29. The third kappa shape index (κ3) is 10.3. The Kier molecular flexibility index (Phi) is 11.6. The molecule has 4 N–H and O–H groups in total. The molecule has 5 atom stereocenters. The van der Waals surface area contributed by atoms with Crippen LogP contribution in [0, 0.1) is 11.8 Å². The molecule has 1 saturated carbocycles. The number of amides is 3. The summed E-state index contributed by atoms with van der Waals surface area (Å²) in [6.45, 7) is 9.10. The molecule has 10 heteroatoms. The van der Waals surface area contributed by atoms with Crippen LogP contribution in [0.2, 0.25) is 0 Å². The molecule has 38 heavy (non-hydrogen) atoms. The van der Waals surface area contributed by atoms with Crippen LogP contribution in [0.15, 0.2) is 30.3 Å². The van der Waals surface area contributed by atoms with Gasteiger partial charge in [0.25, 0.3) is 0 Å². The lowest BCUT2D eigenvalue weighted by Crippen LogP contribution is -2.53. The summed E-state index contributed by atoms with van der Waals surface area (Å²) in [5.41, 5.74) is 0.127. The fourth-order valence-electron chi connectivity index (χ4n) is 4.56. The van der Waals surface area contributed by atoms with Gasteiger partial charge in [0, 0.05) is 12.8 Å². The van der Waals surface area contributed by atoms with Gasteiger partial charge in [-0.05, 0) is 57.4 Å². The van der Waals surface area contributed by atoms with Gasteiger partial charge < -0.3 is 30.5 Å². The Morgan fingerprint density at radius 1 is 1.03 bits per heavy atom. The van der Waals surface area contributed by atoms with Crippen molar-refractivity contribution in [1.82, 2.24) is 16.0 Å². The average Bonchev–Trinajstić information content (AvgIpc) is 3.15. The number of benzene rings is 1. The number of hydrogen-bond acceptors (Lipinski definition) is 7. The number of carbonyl (C=O) groups is 4. The van der Waals surface area contributed by atoms with Gasteiger partial charge in [-0.25, -0.2) is 9.59 Å². The topological polar surface area (TPSA) is 143 Å². The van der Waals surface area contributed by atoms with Crippen molar-refractivity contribution in [3.63, 3.8) is 0 Å². The Morgan fingerprint density at radius 3 is 2.26 bits per heavy atom. The number of rotatable bonds is 11. The zero-order valence-electron chi connectivity index (χ0n) is 23.3. The van der Waals surface area contributed by atoms with Gasteiger partial charge in [0.1, 0.15) is 17.7 Å². The van der Waals surface area contributed by atoms with E-state index in [4.69, 9.17) is 9.47 Å². The largest absolute Gasteiger partial charge is 0.467 e. The van der Waals surface area contributed by atoms with Crippen LogP contribution in [0.3, 0.4) is 0 Å². The second-order valence-electron chi connectivity index (χ2n) is 11.3. The lowest BCUT2D eigenvalue weighted by atomic mass is 9.98. The molecule has 0 radical (unpaired) electrons. The van der Waals surface area contributed by atoms with Gasteiger partial charge in [-0.2, -0.15) is 0 Å². The molecular formula is C28H43N3O7. The lowest BCUT2D eigenvalue weighted by molar-refractivity contribution is -0.145. The Hall–Kier alpha value is -3.14. The van der Waals surface area contributed by atoms with Gasteiger partial charge >= 0.3 is 12.1 Å². The van der Waals surface area contributed by atoms with Crippen molar-refractivity contribution in [3.05, 3.63) is 35.9 Å². The van der Waals surface area contributed by atoms with Crippen LogP contribution < -0.4 is 16.0 Å². The summed E-state index contributed by atoms with van der Waals surface area (Å²) in [5.74, 6) is -1.52. The van der Waals surface area contributed by atoms with E-state index < -0.39 is 47.8 Å². The summed E-state index contributed by atoms with van der Waals surface area (Å²) < 4.78 is 10.1. The molecule has 0 aromatic heterocycles. The number of hydrogen-bond donors (Lipinski definition) is 4. The summed E-state index contributed by atoms with van der Waals surface area (Å²) in [6, 6.07) is 7.03. The van der Waals surface area contributed by atoms with E-state index in [1.807, 2.05) is 44.2 Å². The van der Waals surface area contributed by atoms with Crippen molar-refractivity contribution in [2.45, 2.75) is 96.6 Å². The minimum Gasteiger partial charge on any atom is -0.467 e. The van der Waals surface area contributed by atoms with E-state index in [1.54, 1.807) is 20.8 Å². The summed E-state index contributed by atoms with van der Waals surface area (Å²) in [6.07, 6.45) is 0.0326. The molecule has 0 unspecified atom stereocenters. The molecule has 0 aliphatic heterocycles. The lowest BCUT2D eigenvalue weighted by Gasteiger charge is -2.26. The fourth-order valence-corrected chi connectivity index (χ4v) is 4.56. The first-order chi connectivity index (χ1) is 17.8. The number of methoxy groups -OCH3 is 1. The zero-order chi connectivity index (χ0) is 28.5. The van der Waals surface area contributed by atoms with Crippen LogP contribution in [0.25, 0.3) is 0 Å². The zero-order valence-corrected chi connectivity index (χ0v) is 23.3. The smallest absolute Gasteiger partial charge is 0.408 e. The molecule has 0 bridgehead atoms. The van der Waals surface area contributed by atoms with Gasteiger partial charge in [-0.1, -0.05) is 44.2 Å². The summed E-state index contributed by atoms with van der Waals surface area (Å²) >= 11 is 0. The number of carbonyl (C=O) groups excluding carboxylic acids is 4. The van der Waals surface area contributed by atoms with Gasteiger partial charge in [-0.15, -0.1) is 0 Å². The molecular weight excluding hydrogens is 490 g/mol. The molecule has 2 rings (SSSR count). The molecule has 1 aliphatic rings.